The molecule has 1 aliphatic carbocycles. The lowest BCUT2D eigenvalue weighted by molar-refractivity contribution is -0.139. The molecular weight excluding hydrogens is 388 g/mol. The number of nitrogens with one attached hydrogen (secondary N) is 3. The first-order chi connectivity index (χ1) is 14.8. The Balaban J connectivity index is 2.86. The van der Waals surface area contributed by atoms with E-state index >= 15 is 0 Å². The Hall–Kier alpha value is -1.56. The third kappa shape index (κ3) is 10.5. The number of rotatable bonds is 15. The van der Waals surface area contributed by atoms with Gasteiger partial charge in [0.2, 0.25) is 0 Å². The maximum Gasteiger partial charge on any atom is 0.333 e. The first-order valence-corrected chi connectivity index (χ1v) is 12.6. The molecule has 0 bridgehead atoms. The molecule has 6 heteroatoms. The molecule has 1 aliphatic rings. The number of hydrogen-bond acceptors (Lipinski definition) is 4. The quantitative estimate of drug-likeness (QED) is 0.127. The van der Waals surface area contributed by atoms with Gasteiger partial charge in [0.15, 0.2) is 5.96 Å². The molecule has 0 saturated carbocycles. The second-order valence-electron chi connectivity index (χ2n) is 9.39. The molecule has 0 aromatic carbocycles. The van der Waals surface area contributed by atoms with Crippen LogP contribution in [0.1, 0.15) is 98.8 Å². The highest BCUT2D eigenvalue weighted by molar-refractivity contribution is 5.89. The summed E-state index contributed by atoms with van der Waals surface area (Å²) >= 11 is 0. The van der Waals surface area contributed by atoms with Crippen molar-refractivity contribution in [3.05, 3.63) is 11.6 Å². The highest BCUT2D eigenvalue weighted by Gasteiger charge is 2.36. The number of hydrogen-bond donors (Lipinski definition) is 4. The van der Waals surface area contributed by atoms with Crippen molar-refractivity contribution in [2.45, 2.75) is 117 Å². The van der Waals surface area contributed by atoms with Crippen LogP contribution in [0.25, 0.3) is 0 Å². The van der Waals surface area contributed by atoms with Crippen molar-refractivity contribution in [1.82, 2.24) is 10.6 Å². The lowest BCUT2D eigenvalue weighted by atomic mass is 9.76. The monoisotopic (exact) mass is 436 g/mol. The minimum Gasteiger partial charge on any atom is -0.462 e. The number of nitrogens with two attached hydrogens (primary N) is 1. The topological polar surface area (TPSA) is 100 Å². The third-order valence-corrected chi connectivity index (χ3v) is 6.37. The molecule has 0 aliphatic heterocycles. The van der Waals surface area contributed by atoms with Gasteiger partial charge >= 0.3 is 5.97 Å². The van der Waals surface area contributed by atoms with Gasteiger partial charge in [0, 0.05) is 30.1 Å². The molecule has 3 atom stereocenters. The zero-order valence-corrected chi connectivity index (χ0v) is 20.6. The van der Waals surface area contributed by atoms with Crippen LogP contribution in [0.15, 0.2) is 11.6 Å². The van der Waals surface area contributed by atoms with Crippen molar-refractivity contribution >= 4 is 11.9 Å². The van der Waals surface area contributed by atoms with Crippen LogP contribution >= 0.6 is 0 Å². The summed E-state index contributed by atoms with van der Waals surface area (Å²) in [5, 5.41) is 14.5. The van der Waals surface area contributed by atoms with E-state index < -0.39 is 0 Å². The van der Waals surface area contributed by atoms with Crippen molar-refractivity contribution in [3.63, 3.8) is 0 Å². The van der Waals surface area contributed by atoms with E-state index in [1.54, 1.807) is 0 Å². The number of carbonyl (C=O) groups excluding carboxylic acids is 1. The molecule has 0 spiro atoms. The smallest absolute Gasteiger partial charge is 0.333 e. The van der Waals surface area contributed by atoms with Crippen molar-refractivity contribution in [1.29, 1.82) is 5.41 Å². The number of unbranched alkanes of at least 4 members (excludes halogenated alkanes) is 5. The Kier molecular flexibility index (Phi) is 13.5. The van der Waals surface area contributed by atoms with Crippen LogP contribution in [0.5, 0.6) is 0 Å². The van der Waals surface area contributed by atoms with E-state index in [1.165, 1.54) is 25.7 Å². The summed E-state index contributed by atoms with van der Waals surface area (Å²) in [4.78, 5) is 12.8. The second-order valence-corrected chi connectivity index (χ2v) is 9.39. The van der Waals surface area contributed by atoms with Crippen molar-refractivity contribution in [2.24, 2.45) is 17.6 Å². The fourth-order valence-corrected chi connectivity index (χ4v) is 4.57. The lowest BCUT2D eigenvalue weighted by Gasteiger charge is -2.40. The number of ether oxygens (including phenoxy) is 1. The molecule has 0 radical (unpaired) electrons. The van der Waals surface area contributed by atoms with Gasteiger partial charge < -0.3 is 21.1 Å². The molecule has 0 heterocycles. The Morgan fingerprint density at radius 3 is 2.39 bits per heavy atom. The summed E-state index contributed by atoms with van der Waals surface area (Å²) in [6.45, 7) is 11.4. The van der Waals surface area contributed by atoms with Crippen molar-refractivity contribution in [2.75, 3.05) is 6.61 Å². The molecule has 5 N–H and O–H groups in total. The predicted molar refractivity (Wildman–Crippen MR) is 130 cm³/mol. The van der Waals surface area contributed by atoms with Crippen LogP contribution in [-0.4, -0.2) is 36.7 Å². The summed E-state index contributed by atoms with van der Waals surface area (Å²) in [5.41, 5.74) is 6.42. The number of carbonyl (C=O) groups is 1. The Bertz CT molecular complexity index is 558. The molecule has 0 aromatic rings. The molecular formula is C25H48N4O2. The summed E-state index contributed by atoms with van der Waals surface area (Å²) < 4.78 is 5.62. The van der Waals surface area contributed by atoms with E-state index in [0.717, 1.165) is 37.7 Å². The summed E-state index contributed by atoms with van der Waals surface area (Å²) in [6.07, 6.45) is 12.9. The average Bonchev–Trinajstić information content (AvgIpc) is 2.72. The maximum atomic E-state index is 12.8. The first kappa shape index (κ1) is 27.5. The number of esters is 1. The first-order valence-electron chi connectivity index (χ1n) is 12.6. The van der Waals surface area contributed by atoms with Gasteiger partial charge in [-0.3, -0.25) is 5.41 Å². The molecule has 180 valence electrons. The molecule has 1 rings (SSSR count). The highest BCUT2D eigenvalue weighted by Crippen LogP contribution is 2.32. The molecule has 0 unspecified atom stereocenters. The Morgan fingerprint density at radius 2 is 1.81 bits per heavy atom. The molecule has 6 nitrogen and oxygen atoms in total. The highest BCUT2D eigenvalue weighted by atomic mass is 16.5. The van der Waals surface area contributed by atoms with Gasteiger partial charge in [-0.15, -0.1) is 0 Å². The second kappa shape index (κ2) is 15.3. The average molecular weight is 437 g/mol. The van der Waals surface area contributed by atoms with Crippen LogP contribution in [0, 0.1) is 17.2 Å². The maximum absolute atomic E-state index is 12.8. The standard InChI is InChI=1S/C25H48N4O2/c1-6-9-10-11-12-13-14-31-24(30)21-16-20(15-19(7-2)8-3)23(28-18(4)5)22(17-21)29-25(26)27/h16,18-20,22-23,28H,6-15,17H2,1-5H3,(H4,26,27,29)/t20-,22+,23-/m1/s1. The van der Waals surface area contributed by atoms with Gasteiger partial charge in [0.25, 0.3) is 0 Å². The normalized spacial score (nSPS) is 21.3. The SMILES string of the molecule is CCCCCCCCOC(=O)C1=C[C@@H](CC(CC)CC)[C@@H](NC(C)C)[C@@H](NC(=N)N)C1. The van der Waals surface area contributed by atoms with E-state index in [1.807, 2.05) is 0 Å². The van der Waals surface area contributed by atoms with Crippen molar-refractivity contribution < 1.29 is 9.53 Å². The van der Waals surface area contributed by atoms with Crippen LogP contribution < -0.4 is 16.4 Å². The van der Waals surface area contributed by atoms with Gasteiger partial charge in [-0.25, -0.2) is 4.79 Å². The van der Waals surface area contributed by atoms with Gasteiger partial charge in [-0.05, 0) is 24.7 Å². The Labute approximate surface area is 190 Å². The number of guanidine groups is 1. The molecule has 0 fully saturated rings. The Morgan fingerprint density at radius 1 is 1.16 bits per heavy atom. The predicted octanol–water partition coefficient (Wildman–Crippen LogP) is 4.88. The van der Waals surface area contributed by atoms with E-state index in [9.17, 15) is 4.79 Å². The summed E-state index contributed by atoms with van der Waals surface area (Å²) in [6, 6.07) is 0.334. The van der Waals surface area contributed by atoms with E-state index in [4.69, 9.17) is 15.9 Å². The zero-order chi connectivity index (χ0) is 23.2. The lowest BCUT2D eigenvalue weighted by Crippen LogP contribution is -2.58. The minimum atomic E-state index is -0.207. The largest absolute Gasteiger partial charge is 0.462 e. The molecule has 0 saturated heterocycles. The van der Waals surface area contributed by atoms with Crippen LogP contribution in [0.3, 0.4) is 0 Å². The molecule has 31 heavy (non-hydrogen) atoms. The fourth-order valence-electron chi connectivity index (χ4n) is 4.57. The zero-order valence-electron chi connectivity index (χ0n) is 20.6. The van der Waals surface area contributed by atoms with E-state index in [0.29, 0.717) is 25.0 Å². The van der Waals surface area contributed by atoms with Crippen molar-refractivity contribution in [3.8, 4) is 0 Å². The fraction of sp³-hybridized carbons (Fsp3) is 0.840. The van der Waals surface area contributed by atoms with Gasteiger partial charge in [0.05, 0.1) is 6.61 Å². The third-order valence-electron chi connectivity index (χ3n) is 6.37. The van der Waals surface area contributed by atoms with Crippen LogP contribution in [-0.2, 0) is 9.53 Å². The van der Waals surface area contributed by atoms with Crippen LogP contribution in [0.2, 0.25) is 0 Å². The summed E-state index contributed by atoms with van der Waals surface area (Å²) in [5.74, 6) is 0.550. The van der Waals surface area contributed by atoms with E-state index in [2.05, 4.69) is 51.3 Å². The molecule has 0 amide bonds. The van der Waals surface area contributed by atoms with Crippen LogP contribution in [0.4, 0.5) is 0 Å². The van der Waals surface area contributed by atoms with Gasteiger partial charge in [-0.1, -0.05) is 85.6 Å². The van der Waals surface area contributed by atoms with Gasteiger partial charge in [0.1, 0.15) is 0 Å². The minimum absolute atomic E-state index is 0.0523. The molecule has 0 aromatic heterocycles. The van der Waals surface area contributed by atoms with E-state index in [-0.39, 0.29) is 29.9 Å². The summed E-state index contributed by atoms with van der Waals surface area (Å²) in [7, 11) is 0. The van der Waals surface area contributed by atoms with Gasteiger partial charge in [-0.2, -0.15) is 0 Å².